The number of amidine groups is 1. The van der Waals surface area contributed by atoms with Crippen LogP contribution < -0.4 is 0 Å². The maximum atomic E-state index is 7.93. The minimum atomic E-state index is 0.789. The molecule has 2 heterocycles. The summed E-state index contributed by atoms with van der Waals surface area (Å²) in [4.78, 5) is 2.18. The van der Waals surface area contributed by atoms with Crippen molar-refractivity contribution in [1.82, 2.24) is 14.7 Å². The third kappa shape index (κ3) is 2.26. The predicted octanol–water partition coefficient (Wildman–Crippen LogP) is 1.95. The van der Waals surface area contributed by atoms with Crippen molar-refractivity contribution >= 4 is 5.84 Å². The van der Waals surface area contributed by atoms with Gasteiger partial charge >= 0.3 is 0 Å². The topological polar surface area (TPSA) is 44.9 Å². The molecule has 1 aliphatic rings. The fourth-order valence-electron chi connectivity index (χ4n) is 2.28. The van der Waals surface area contributed by atoms with Crippen molar-refractivity contribution in [1.29, 1.82) is 5.41 Å². The van der Waals surface area contributed by atoms with Crippen LogP contribution in [0.2, 0.25) is 0 Å². The quantitative estimate of drug-likeness (QED) is 0.846. The van der Waals surface area contributed by atoms with E-state index in [0.29, 0.717) is 0 Å². The molecule has 0 aromatic carbocycles. The summed E-state index contributed by atoms with van der Waals surface area (Å²) in [7, 11) is 1.96. The third-order valence-electron chi connectivity index (χ3n) is 3.16. The van der Waals surface area contributed by atoms with Gasteiger partial charge in [0.15, 0.2) is 0 Å². The Labute approximate surface area is 96.8 Å². The van der Waals surface area contributed by atoms with E-state index in [2.05, 4.69) is 23.1 Å². The van der Waals surface area contributed by atoms with Gasteiger partial charge in [-0.15, -0.1) is 0 Å². The first-order valence-corrected chi connectivity index (χ1v) is 6.04. The SMILES string of the molecule is CCc1nn(C)cc1CN1CCCCC1=N. The molecule has 0 spiro atoms. The van der Waals surface area contributed by atoms with Crippen LogP contribution in [0.1, 0.15) is 37.4 Å². The predicted molar refractivity (Wildman–Crippen MR) is 64.6 cm³/mol. The van der Waals surface area contributed by atoms with E-state index in [9.17, 15) is 0 Å². The smallest absolute Gasteiger partial charge is 0.0960 e. The zero-order valence-electron chi connectivity index (χ0n) is 10.2. The first-order chi connectivity index (χ1) is 7.70. The molecule has 1 aromatic heterocycles. The number of aryl methyl sites for hydroxylation is 2. The lowest BCUT2D eigenvalue weighted by Crippen LogP contribution is -2.34. The molecule has 0 radical (unpaired) electrons. The van der Waals surface area contributed by atoms with Crippen LogP contribution in [-0.4, -0.2) is 27.1 Å². The van der Waals surface area contributed by atoms with E-state index in [1.165, 1.54) is 24.1 Å². The van der Waals surface area contributed by atoms with Gasteiger partial charge in [0, 0.05) is 38.3 Å². The molecule has 1 aliphatic heterocycles. The van der Waals surface area contributed by atoms with Gasteiger partial charge in [0.1, 0.15) is 0 Å². The maximum absolute atomic E-state index is 7.93. The van der Waals surface area contributed by atoms with Crippen LogP contribution in [0.25, 0.3) is 0 Å². The second-order valence-corrected chi connectivity index (χ2v) is 4.45. The summed E-state index contributed by atoms with van der Waals surface area (Å²) in [5.74, 6) is 0.789. The maximum Gasteiger partial charge on any atom is 0.0960 e. The van der Waals surface area contributed by atoms with Crippen molar-refractivity contribution in [3.63, 3.8) is 0 Å². The molecule has 1 aromatic rings. The summed E-state index contributed by atoms with van der Waals surface area (Å²) < 4.78 is 1.88. The minimum Gasteiger partial charge on any atom is -0.356 e. The van der Waals surface area contributed by atoms with Crippen molar-refractivity contribution < 1.29 is 0 Å². The Morgan fingerprint density at radius 1 is 1.44 bits per heavy atom. The highest BCUT2D eigenvalue weighted by Crippen LogP contribution is 2.16. The summed E-state index contributed by atoms with van der Waals surface area (Å²) >= 11 is 0. The second-order valence-electron chi connectivity index (χ2n) is 4.45. The zero-order valence-corrected chi connectivity index (χ0v) is 10.2. The van der Waals surface area contributed by atoms with E-state index < -0.39 is 0 Å². The zero-order chi connectivity index (χ0) is 11.5. The lowest BCUT2D eigenvalue weighted by Gasteiger charge is -2.29. The highest BCUT2D eigenvalue weighted by Gasteiger charge is 2.17. The van der Waals surface area contributed by atoms with Crippen LogP contribution in [0.4, 0.5) is 0 Å². The van der Waals surface area contributed by atoms with E-state index in [0.717, 1.165) is 31.8 Å². The molecular formula is C12H20N4. The van der Waals surface area contributed by atoms with Crippen LogP contribution in [-0.2, 0) is 20.0 Å². The Balaban J connectivity index is 2.09. The van der Waals surface area contributed by atoms with Crippen molar-refractivity contribution in [2.24, 2.45) is 7.05 Å². The molecule has 0 aliphatic carbocycles. The molecule has 0 unspecified atom stereocenters. The average Bonchev–Trinajstić information content (AvgIpc) is 2.62. The summed E-state index contributed by atoms with van der Waals surface area (Å²) in [5, 5.41) is 12.4. The molecule has 0 bridgehead atoms. The number of aromatic nitrogens is 2. The van der Waals surface area contributed by atoms with Gasteiger partial charge in [0.25, 0.3) is 0 Å². The highest BCUT2D eigenvalue weighted by atomic mass is 15.3. The molecular weight excluding hydrogens is 200 g/mol. The number of hydrogen-bond acceptors (Lipinski definition) is 2. The lowest BCUT2D eigenvalue weighted by atomic mass is 10.1. The molecule has 4 heteroatoms. The number of likely N-dealkylation sites (tertiary alicyclic amines) is 1. The van der Waals surface area contributed by atoms with Gasteiger partial charge in [-0.3, -0.25) is 10.1 Å². The number of piperidine rings is 1. The number of nitrogens with zero attached hydrogens (tertiary/aromatic N) is 3. The van der Waals surface area contributed by atoms with Gasteiger partial charge in [-0.25, -0.2) is 0 Å². The fourth-order valence-corrected chi connectivity index (χ4v) is 2.28. The van der Waals surface area contributed by atoms with E-state index in [1.54, 1.807) is 0 Å². The van der Waals surface area contributed by atoms with Gasteiger partial charge in [0.05, 0.1) is 11.5 Å². The van der Waals surface area contributed by atoms with Gasteiger partial charge in [-0.1, -0.05) is 6.92 Å². The van der Waals surface area contributed by atoms with E-state index in [1.807, 2.05) is 11.7 Å². The van der Waals surface area contributed by atoms with Crippen LogP contribution in [0.5, 0.6) is 0 Å². The Hall–Kier alpha value is -1.32. The van der Waals surface area contributed by atoms with Crippen molar-refractivity contribution in [2.75, 3.05) is 6.54 Å². The summed E-state index contributed by atoms with van der Waals surface area (Å²) in [5.41, 5.74) is 2.44. The fraction of sp³-hybridized carbons (Fsp3) is 0.667. The van der Waals surface area contributed by atoms with Crippen LogP contribution >= 0.6 is 0 Å². The Kier molecular flexibility index (Phi) is 3.27. The molecule has 4 nitrogen and oxygen atoms in total. The van der Waals surface area contributed by atoms with Gasteiger partial charge in [-0.2, -0.15) is 5.10 Å². The van der Waals surface area contributed by atoms with Crippen LogP contribution in [0, 0.1) is 5.41 Å². The van der Waals surface area contributed by atoms with Crippen molar-refractivity contribution in [3.05, 3.63) is 17.5 Å². The van der Waals surface area contributed by atoms with E-state index >= 15 is 0 Å². The average molecular weight is 220 g/mol. The normalized spacial score (nSPS) is 16.9. The lowest BCUT2D eigenvalue weighted by molar-refractivity contribution is 0.360. The Morgan fingerprint density at radius 2 is 2.25 bits per heavy atom. The molecule has 16 heavy (non-hydrogen) atoms. The molecule has 88 valence electrons. The number of rotatable bonds is 3. The Bertz CT molecular complexity index is 380. The monoisotopic (exact) mass is 220 g/mol. The molecule has 2 rings (SSSR count). The Morgan fingerprint density at radius 3 is 2.94 bits per heavy atom. The summed E-state index contributed by atoms with van der Waals surface area (Å²) in [6, 6.07) is 0. The molecule has 0 amide bonds. The standard InChI is InChI=1S/C12H20N4/c1-3-11-10(8-15(2)14-11)9-16-7-5-4-6-12(16)13/h8,13H,3-7,9H2,1-2H3. The van der Waals surface area contributed by atoms with Crippen LogP contribution in [0.15, 0.2) is 6.20 Å². The van der Waals surface area contributed by atoms with Gasteiger partial charge in [-0.05, 0) is 19.3 Å². The minimum absolute atomic E-state index is 0.789. The molecule has 1 saturated heterocycles. The molecule has 1 N–H and O–H groups in total. The summed E-state index contributed by atoms with van der Waals surface area (Å²) in [6.07, 6.45) is 6.37. The summed E-state index contributed by atoms with van der Waals surface area (Å²) in [6.45, 7) is 4.01. The highest BCUT2D eigenvalue weighted by molar-refractivity contribution is 5.79. The number of nitrogens with one attached hydrogen (secondary N) is 1. The van der Waals surface area contributed by atoms with Gasteiger partial charge in [0.2, 0.25) is 0 Å². The first-order valence-electron chi connectivity index (χ1n) is 6.04. The van der Waals surface area contributed by atoms with Crippen molar-refractivity contribution in [3.8, 4) is 0 Å². The van der Waals surface area contributed by atoms with Crippen molar-refractivity contribution in [2.45, 2.75) is 39.2 Å². The molecule has 0 saturated carbocycles. The third-order valence-corrected chi connectivity index (χ3v) is 3.16. The first kappa shape index (κ1) is 11.2. The van der Waals surface area contributed by atoms with E-state index in [-0.39, 0.29) is 0 Å². The van der Waals surface area contributed by atoms with Gasteiger partial charge < -0.3 is 4.90 Å². The van der Waals surface area contributed by atoms with E-state index in [4.69, 9.17) is 5.41 Å². The largest absolute Gasteiger partial charge is 0.356 e. The number of hydrogen-bond donors (Lipinski definition) is 1. The molecule has 0 atom stereocenters. The van der Waals surface area contributed by atoms with Crippen LogP contribution in [0.3, 0.4) is 0 Å². The second kappa shape index (κ2) is 4.68. The molecule has 1 fully saturated rings.